The number of hydrogen-bond acceptors (Lipinski definition) is 2. The summed E-state index contributed by atoms with van der Waals surface area (Å²) in [5, 5.41) is 14.1. The van der Waals surface area contributed by atoms with Gasteiger partial charge in [-0.05, 0) is 94.7 Å². The Kier molecular flexibility index (Phi) is 6.69. The van der Waals surface area contributed by atoms with Crippen molar-refractivity contribution in [1.82, 2.24) is 5.32 Å². The number of rotatable bonds is 7. The molecule has 0 unspecified atom stereocenters. The molecule has 2 heteroatoms. The Balaban J connectivity index is 1.25. The van der Waals surface area contributed by atoms with E-state index < -0.39 is 0 Å². The van der Waals surface area contributed by atoms with Crippen molar-refractivity contribution in [2.75, 3.05) is 13.1 Å². The fourth-order valence-corrected chi connectivity index (χ4v) is 5.72. The van der Waals surface area contributed by atoms with Crippen LogP contribution in [0.2, 0.25) is 0 Å². The van der Waals surface area contributed by atoms with Crippen LogP contribution in [0.5, 0.6) is 0 Å². The van der Waals surface area contributed by atoms with Crippen LogP contribution in [0.15, 0.2) is 48.1 Å². The molecule has 4 rings (SSSR count). The van der Waals surface area contributed by atoms with Crippen molar-refractivity contribution in [3.8, 4) is 0 Å². The van der Waals surface area contributed by atoms with Crippen LogP contribution in [0.4, 0.5) is 0 Å². The Morgan fingerprint density at radius 3 is 2.86 bits per heavy atom. The maximum Gasteiger partial charge on any atom is 0.0611 e. The minimum absolute atomic E-state index is 0.146. The highest BCUT2D eigenvalue weighted by molar-refractivity contribution is 5.23. The third-order valence-corrected chi connectivity index (χ3v) is 7.32. The third-order valence-electron chi connectivity index (χ3n) is 7.32. The first-order chi connectivity index (χ1) is 13.7. The molecule has 1 heterocycles. The highest BCUT2D eigenvalue weighted by Crippen LogP contribution is 2.48. The van der Waals surface area contributed by atoms with Crippen molar-refractivity contribution in [2.24, 2.45) is 23.7 Å². The van der Waals surface area contributed by atoms with Crippen LogP contribution < -0.4 is 5.32 Å². The topological polar surface area (TPSA) is 32.3 Å². The summed E-state index contributed by atoms with van der Waals surface area (Å²) in [5.74, 6) is 2.54. The molecule has 1 aromatic carbocycles. The van der Waals surface area contributed by atoms with Crippen LogP contribution in [0.3, 0.4) is 0 Å². The first-order valence-electron chi connectivity index (χ1n) is 11.5. The molecule has 1 saturated heterocycles. The minimum Gasteiger partial charge on any atom is -0.392 e. The van der Waals surface area contributed by atoms with Gasteiger partial charge in [0, 0.05) is 5.92 Å². The molecule has 152 valence electrons. The van der Waals surface area contributed by atoms with Crippen molar-refractivity contribution < 1.29 is 5.11 Å². The lowest BCUT2D eigenvalue weighted by molar-refractivity contribution is 0.141. The van der Waals surface area contributed by atoms with Gasteiger partial charge in [0.15, 0.2) is 0 Å². The van der Waals surface area contributed by atoms with E-state index in [9.17, 15) is 5.11 Å². The number of hydrogen-bond donors (Lipinski definition) is 2. The van der Waals surface area contributed by atoms with E-state index >= 15 is 0 Å². The molecule has 28 heavy (non-hydrogen) atoms. The maximum absolute atomic E-state index is 10.6. The summed E-state index contributed by atoms with van der Waals surface area (Å²) in [6, 6.07) is 8.81. The molecule has 4 atom stereocenters. The molecule has 0 amide bonds. The van der Waals surface area contributed by atoms with Crippen molar-refractivity contribution in [2.45, 2.75) is 64.4 Å². The van der Waals surface area contributed by atoms with Gasteiger partial charge < -0.3 is 10.4 Å². The molecule has 0 bridgehead atoms. The number of aliphatic hydroxyl groups is 1. The van der Waals surface area contributed by atoms with Gasteiger partial charge in [-0.1, -0.05) is 53.6 Å². The Hall–Kier alpha value is -1.38. The van der Waals surface area contributed by atoms with Gasteiger partial charge in [0.1, 0.15) is 0 Å². The van der Waals surface area contributed by atoms with Gasteiger partial charge in [-0.15, -0.1) is 0 Å². The number of allylic oxidation sites excluding steroid dienone is 3. The molecule has 0 aromatic heterocycles. The molecule has 2 fully saturated rings. The summed E-state index contributed by atoms with van der Waals surface area (Å²) in [5.41, 5.74) is 4.43. The van der Waals surface area contributed by atoms with Crippen LogP contribution in [0.25, 0.3) is 0 Å². The zero-order valence-corrected chi connectivity index (χ0v) is 17.4. The molecule has 0 spiro atoms. The largest absolute Gasteiger partial charge is 0.392 e. The predicted molar refractivity (Wildman–Crippen MR) is 117 cm³/mol. The van der Waals surface area contributed by atoms with Gasteiger partial charge in [0.05, 0.1) is 6.10 Å². The second-order valence-electron chi connectivity index (χ2n) is 9.43. The molecule has 3 aliphatic rings. The number of benzene rings is 1. The summed E-state index contributed by atoms with van der Waals surface area (Å²) in [6.45, 7) is 4.57. The Labute approximate surface area is 171 Å². The van der Waals surface area contributed by atoms with Crippen molar-refractivity contribution in [3.63, 3.8) is 0 Å². The lowest BCUT2D eigenvalue weighted by Gasteiger charge is -2.23. The lowest BCUT2D eigenvalue weighted by Crippen LogP contribution is -2.27. The van der Waals surface area contributed by atoms with E-state index in [0.717, 1.165) is 25.2 Å². The smallest absolute Gasteiger partial charge is 0.0611 e. The molecule has 0 radical (unpaired) electrons. The molecule has 1 aromatic rings. The monoisotopic (exact) mass is 379 g/mol. The lowest BCUT2D eigenvalue weighted by atomic mass is 9.87. The van der Waals surface area contributed by atoms with Crippen molar-refractivity contribution in [3.05, 3.63) is 59.2 Å². The van der Waals surface area contributed by atoms with E-state index in [1.165, 1.54) is 56.3 Å². The van der Waals surface area contributed by atoms with Gasteiger partial charge in [-0.25, -0.2) is 0 Å². The molecular formula is C26H37NO. The molecule has 1 aliphatic heterocycles. The summed E-state index contributed by atoms with van der Waals surface area (Å²) in [4.78, 5) is 0. The third kappa shape index (κ3) is 4.96. The van der Waals surface area contributed by atoms with Crippen LogP contribution in [-0.2, 0) is 6.42 Å². The molecule has 2 nitrogen and oxygen atoms in total. The number of nitrogens with one attached hydrogen (secondary N) is 1. The predicted octanol–water partition coefficient (Wildman–Crippen LogP) is 5.21. The van der Waals surface area contributed by atoms with Crippen LogP contribution in [0, 0.1) is 30.6 Å². The number of fused-ring (bicyclic) bond motifs is 1. The Bertz CT molecular complexity index is 700. The maximum atomic E-state index is 10.6. The van der Waals surface area contributed by atoms with E-state index in [1.807, 2.05) is 0 Å². The molecule has 2 aliphatic carbocycles. The first kappa shape index (κ1) is 19.9. The average molecular weight is 380 g/mol. The Morgan fingerprint density at radius 2 is 2.04 bits per heavy atom. The van der Waals surface area contributed by atoms with Gasteiger partial charge >= 0.3 is 0 Å². The minimum atomic E-state index is -0.146. The van der Waals surface area contributed by atoms with Crippen molar-refractivity contribution in [1.29, 1.82) is 0 Å². The normalized spacial score (nSPS) is 30.7. The fraction of sp³-hybridized carbons (Fsp3) is 0.615. The van der Waals surface area contributed by atoms with E-state index in [1.54, 1.807) is 5.57 Å². The SMILES string of the molecule is Cc1cccc(CCC=C[C@@H]2[C@H]3CC(CCC4CCNCC4)=C[C@H]3C[C@H]2O)c1. The summed E-state index contributed by atoms with van der Waals surface area (Å²) >= 11 is 0. The summed E-state index contributed by atoms with van der Waals surface area (Å²) < 4.78 is 0. The van der Waals surface area contributed by atoms with Gasteiger partial charge in [-0.2, -0.15) is 0 Å². The fourth-order valence-electron chi connectivity index (χ4n) is 5.72. The average Bonchev–Trinajstić information content (AvgIpc) is 3.21. The zero-order chi connectivity index (χ0) is 19.3. The quantitative estimate of drug-likeness (QED) is 0.638. The highest BCUT2D eigenvalue weighted by Gasteiger charge is 2.43. The second-order valence-corrected chi connectivity index (χ2v) is 9.43. The van der Waals surface area contributed by atoms with Gasteiger partial charge in [-0.3, -0.25) is 0 Å². The van der Waals surface area contributed by atoms with E-state index in [-0.39, 0.29) is 6.10 Å². The summed E-state index contributed by atoms with van der Waals surface area (Å²) in [6.07, 6.45) is 16.8. The molecular weight excluding hydrogens is 342 g/mol. The van der Waals surface area contributed by atoms with Gasteiger partial charge in [0.25, 0.3) is 0 Å². The molecule has 2 N–H and O–H groups in total. The van der Waals surface area contributed by atoms with Crippen LogP contribution >= 0.6 is 0 Å². The standard InChI is InChI=1S/C26H37NO/c1-19-5-4-7-21(15-19)6-2-3-8-24-25-17-22(16-23(25)18-26(24)28)10-9-20-11-13-27-14-12-20/h3-5,7-8,15-16,20,23-28H,2,6,9-14,17-18H2,1H3/t23-,24+,25-,26+/m0/s1. The van der Waals surface area contributed by atoms with Crippen LogP contribution in [0.1, 0.15) is 56.1 Å². The van der Waals surface area contributed by atoms with Gasteiger partial charge in [0.2, 0.25) is 0 Å². The van der Waals surface area contributed by atoms with E-state index in [0.29, 0.717) is 17.8 Å². The highest BCUT2D eigenvalue weighted by atomic mass is 16.3. The van der Waals surface area contributed by atoms with E-state index in [2.05, 4.69) is 54.7 Å². The zero-order valence-electron chi connectivity index (χ0n) is 17.4. The number of aliphatic hydroxyl groups excluding tert-OH is 1. The number of aryl methyl sites for hydroxylation is 2. The molecule has 1 saturated carbocycles. The Morgan fingerprint density at radius 1 is 1.18 bits per heavy atom. The van der Waals surface area contributed by atoms with Crippen molar-refractivity contribution >= 4 is 0 Å². The summed E-state index contributed by atoms with van der Waals surface area (Å²) in [7, 11) is 0. The number of piperidine rings is 1. The first-order valence-corrected chi connectivity index (χ1v) is 11.5. The van der Waals surface area contributed by atoms with E-state index in [4.69, 9.17) is 0 Å². The van der Waals surface area contributed by atoms with Crippen LogP contribution in [-0.4, -0.2) is 24.3 Å². The second kappa shape index (κ2) is 9.41.